The summed E-state index contributed by atoms with van der Waals surface area (Å²) in [6.07, 6.45) is -0.312. The smallest absolute Gasteiger partial charge is 0.336 e. The zero-order valence-corrected chi connectivity index (χ0v) is 14.0. The minimum Gasteiger partial charge on any atom is -0.479 e. The first kappa shape index (κ1) is 17.9. The molecule has 9 heteroatoms. The van der Waals surface area contributed by atoms with Crippen molar-refractivity contribution in [1.29, 1.82) is 0 Å². The van der Waals surface area contributed by atoms with Crippen molar-refractivity contribution in [1.82, 2.24) is 14.4 Å². The van der Waals surface area contributed by atoms with E-state index in [2.05, 4.69) is 22.2 Å². The minimum absolute atomic E-state index is 0.0216. The molecule has 0 aliphatic carbocycles. The van der Waals surface area contributed by atoms with E-state index in [0.717, 1.165) is 11.0 Å². The third-order valence-electron chi connectivity index (χ3n) is 3.48. The second kappa shape index (κ2) is 6.59. The SMILES string of the molecule is CC(CC#CC[C@](C)(O)C(=O)O)S(=O)(=O)n1nnc2ccccc21. The summed E-state index contributed by atoms with van der Waals surface area (Å²) in [5.41, 5.74) is -1.11. The Labute approximate surface area is 139 Å². The van der Waals surface area contributed by atoms with Crippen LogP contribution in [0.2, 0.25) is 0 Å². The van der Waals surface area contributed by atoms with Crippen LogP contribution in [0.5, 0.6) is 0 Å². The van der Waals surface area contributed by atoms with Crippen LogP contribution in [-0.4, -0.2) is 49.9 Å². The predicted octanol–water partition coefficient (Wildman–Crippen LogP) is 0.617. The van der Waals surface area contributed by atoms with Gasteiger partial charge in [0.2, 0.25) is 0 Å². The molecular formula is C15H17N3O5S. The molecule has 0 spiro atoms. The van der Waals surface area contributed by atoms with Crippen molar-refractivity contribution in [2.24, 2.45) is 0 Å². The van der Waals surface area contributed by atoms with Crippen molar-refractivity contribution < 1.29 is 23.4 Å². The van der Waals surface area contributed by atoms with Gasteiger partial charge in [-0.2, -0.15) is 0 Å². The van der Waals surface area contributed by atoms with Crippen LogP contribution in [0.3, 0.4) is 0 Å². The Morgan fingerprint density at radius 1 is 1.38 bits per heavy atom. The van der Waals surface area contributed by atoms with Crippen molar-refractivity contribution in [3.8, 4) is 11.8 Å². The molecule has 0 aliphatic rings. The molecule has 0 saturated carbocycles. The van der Waals surface area contributed by atoms with Crippen molar-refractivity contribution in [2.75, 3.05) is 0 Å². The fourth-order valence-electron chi connectivity index (χ4n) is 1.84. The van der Waals surface area contributed by atoms with E-state index < -0.39 is 26.8 Å². The number of aliphatic hydroxyl groups is 1. The van der Waals surface area contributed by atoms with Crippen LogP contribution >= 0.6 is 0 Å². The summed E-state index contributed by atoms with van der Waals surface area (Å²) >= 11 is 0. The zero-order valence-electron chi connectivity index (χ0n) is 13.2. The third kappa shape index (κ3) is 3.55. The number of carboxylic acids is 1. The number of carboxylic acid groups (broad SMARTS) is 1. The first-order valence-corrected chi connectivity index (χ1v) is 8.63. The lowest BCUT2D eigenvalue weighted by Gasteiger charge is -2.13. The average molecular weight is 351 g/mol. The highest BCUT2D eigenvalue weighted by Gasteiger charge is 2.29. The zero-order chi connectivity index (χ0) is 18.0. The van der Waals surface area contributed by atoms with Gasteiger partial charge in [0.05, 0.1) is 5.25 Å². The lowest BCUT2D eigenvalue weighted by molar-refractivity contribution is -0.155. The summed E-state index contributed by atoms with van der Waals surface area (Å²) in [6.45, 7) is 2.61. The molecule has 1 unspecified atom stereocenters. The van der Waals surface area contributed by atoms with Crippen molar-refractivity contribution in [2.45, 2.75) is 37.5 Å². The number of carbonyl (C=O) groups is 1. The third-order valence-corrected chi connectivity index (χ3v) is 5.41. The molecule has 128 valence electrons. The number of hydrogen-bond acceptors (Lipinski definition) is 6. The molecule has 0 bridgehead atoms. The molecule has 2 atom stereocenters. The van der Waals surface area contributed by atoms with Gasteiger partial charge in [0.1, 0.15) is 11.0 Å². The number of aromatic nitrogens is 3. The Morgan fingerprint density at radius 3 is 2.71 bits per heavy atom. The maximum absolute atomic E-state index is 12.6. The number of benzene rings is 1. The number of hydrogen-bond donors (Lipinski definition) is 2. The summed E-state index contributed by atoms with van der Waals surface area (Å²) in [5.74, 6) is 3.72. The van der Waals surface area contributed by atoms with Gasteiger partial charge in [-0.25, -0.2) is 13.2 Å². The Bertz CT molecular complexity index is 921. The van der Waals surface area contributed by atoms with E-state index in [0.29, 0.717) is 11.0 Å². The molecule has 1 aromatic carbocycles. The summed E-state index contributed by atoms with van der Waals surface area (Å²) in [5, 5.41) is 25.0. The summed E-state index contributed by atoms with van der Waals surface area (Å²) in [4.78, 5) is 10.8. The van der Waals surface area contributed by atoms with Crippen molar-refractivity contribution >= 4 is 27.0 Å². The van der Waals surface area contributed by atoms with Gasteiger partial charge >= 0.3 is 5.97 Å². The second-order valence-electron chi connectivity index (χ2n) is 5.59. The summed E-state index contributed by atoms with van der Waals surface area (Å²) in [7, 11) is -3.79. The molecule has 1 heterocycles. The van der Waals surface area contributed by atoms with Gasteiger partial charge in [0, 0.05) is 12.8 Å². The van der Waals surface area contributed by atoms with Gasteiger partial charge in [0.25, 0.3) is 10.0 Å². The van der Waals surface area contributed by atoms with Crippen molar-refractivity contribution in [3.63, 3.8) is 0 Å². The van der Waals surface area contributed by atoms with E-state index in [1.165, 1.54) is 6.92 Å². The second-order valence-corrected chi connectivity index (χ2v) is 7.77. The molecular weight excluding hydrogens is 334 g/mol. The number of aliphatic carboxylic acids is 1. The van der Waals surface area contributed by atoms with E-state index in [-0.39, 0.29) is 12.8 Å². The van der Waals surface area contributed by atoms with Crippen LogP contribution in [-0.2, 0) is 14.8 Å². The highest BCUT2D eigenvalue weighted by atomic mass is 32.2. The van der Waals surface area contributed by atoms with E-state index in [9.17, 15) is 18.3 Å². The van der Waals surface area contributed by atoms with Gasteiger partial charge in [-0.05, 0) is 26.0 Å². The summed E-state index contributed by atoms with van der Waals surface area (Å²) < 4.78 is 26.0. The number of para-hydroxylation sites is 1. The van der Waals surface area contributed by atoms with Gasteiger partial charge < -0.3 is 10.2 Å². The predicted molar refractivity (Wildman–Crippen MR) is 86.6 cm³/mol. The molecule has 2 N–H and O–H groups in total. The van der Waals surface area contributed by atoms with Gasteiger partial charge in [0.15, 0.2) is 5.60 Å². The molecule has 1 aromatic heterocycles. The standard InChI is InChI=1S/C15H17N3O5S/c1-11(7-5-6-10-15(2,21)14(19)20)24(22,23)18-13-9-4-3-8-12(13)16-17-18/h3-4,8-9,11,21H,7,10H2,1-2H3,(H,19,20)/t11?,15-/m0/s1. The number of rotatable bonds is 5. The fourth-order valence-corrected chi connectivity index (χ4v) is 3.04. The van der Waals surface area contributed by atoms with E-state index in [1.807, 2.05) is 0 Å². The molecule has 2 rings (SSSR count). The monoisotopic (exact) mass is 351 g/mol. The lowest BCUT2D eigenvalue weighted by Crippen LogP contribution is -2.34. The van der Waals surface area contributed by atoms with Gasteiger partial charge in [-0.3, -0.25) is 0 Å². The quantitative estimate of drug-likeness (QED) is 0.757. The largest absolute Gasteiger partial charge is 0.479 e. The molecule has 0 aliphatic heterocycles. The van der Waals surface area contributed by atoms with Gasteiger partial charge in [-0.15, -0.1) is 15.1 Å². The molecule has 24 heavy (non-hydrogen) atoms. The molecule has 0 saturated heterocycles. The molecule has 0 fully saturated rings. The van der Waals surface area contributed by atoms with Crippen LogP contribution in [0.1, 0.15) is 26.7 Å². The fraction of sp³-hybridized carbons (Fsp3) is 0.400. The maximum atomic E-state index is 12.6. The Hall–Kier alpha value is -2.44. The Morgan fingerprint density at radius 2 is 2.04 bits per heavy atom. The number of fused-ring (bicyclic) bond motifs is 1. The first-order chi connectivity index (χ1) is 11.2. The lowest BCUT2D eigenvalue weighted by atomic mass is 10.0. The molecule has 0 amide bonds. The minimum atomic E-state index is -3.79. The highest BCUT2D eigenvalue weighted by molar-refractivity contribution is 7.90. The van der Waals surface area contributed by atoms with Crippen LogP contribution in [0, 0.1) is 11.8 Å². The normalized spacial score (nSPS) is 15.3. The maximum Gasteiger partial charge on any atom is 0.336 e. The van der Waals surface area contributed by atoms with Crippen molar-refractivity contribution in [3.05, 3.63) is 24.3 Å². The highest BCUT2D eigenvalue weighted by Crippen LogP contribution is 2.16. The molecule has 2 aromatic rings. The van der Waals surface area contributed by atoms with Crippen LogP contribution < -0.4 is 0 Å². The van der Waals surface area contributed by atoms with Gasteiger partial charge in [-0.1, -0.05) is 23.3 Å². The van der Waals surface area contributed by atoms with Crippen LogP contribution in [0.15, 0.2) is 24.3 Å². The molecule has 8 nitrogen and oxygen atoms in total. The van der Waals surface area contributed by atoms with E-state index >= 15 is 0 Å². The summed E-state index contributed by atoms with van der Waals surface area (Å²) in [6, 6.07) is 6.69. The molecule has 0 radical (unpaired) electrons. The Balaban J connectivity index is 2.15. The Kier molecular flexibility index (Phi) is 4.91. The first-order valence-electron chi connectivity index (χ1n) is 7.12. The van der Waals surface area contributed by atoms with Crippen LogP contribution in [0.4, 0.5) is 0 Å². The van der Waals surface area contributed by atoms with E-state index in [1.54, 1.807) is 24.3 Å². The van der Waals surface area contributed by atoms with E-state index in [4.69, 9.17) is 5.11 Å². The topological polar surface area (TPSA) is 122 Å². The van der Waals surface area contributed by atoms with Crippen LogP contribution in [0.25, 0.3) is 11.0 Å². The number of nitrogens with zero attached hydrogens (tertiary/aromatic N) is 3. The average Bonchev–Trinajstić information content (AvgIpc) is 2.95.